The summed E-state index contributed by atoms with van der Waals surface area (Å²) < 4.78 is 16.2. The van der Waals surface area contributed by atoms with E-state index in [1.165, 1.54) is 61.6 Å². The number of benzene rings is 1. The molecule has 0 N–H and O–H groups in total. The van der Waals surface area contributed by atoms with Gasteiger partial charge in [-0.1, -0.05) is 25.7 Å². The summed E-state index contributed by atoms with van der Waals surface area (Å²) in [6.45, 7) is 3.91. The standard InChI is InChI=1S/C25H30FN3O/c1-17(2)28(3)25(30)21-14-19(26)10-11-23(21)29-16-22(18-8-6-4-5-7-9-18)20-12-13-27-15-24(20)29/h10-18H,4-9H2,1-3H3. The smallest absolute Gasteiger partial charge is 0.256 e. The number of amides is 1. The van der Waals surface area contributed by atoms with E-state index >= 15 is 0 Å². The van der Waals surface area contributed by atoms with Crippen LogP contribution in [0.4, 0.5) is 4.39 Å². The highest BCUT2D eigenvalue weighted by atomic mass is 19.1. The minimum Gasteiger partial charge on any atom is -0.339 e. The molecule has 4 nitrogen and oxygen atoms in total. The molecule has 0 bridgehead atoms. The van der Waals surface area contributed by atoms with Crippen molar-refractivity contribution in [3.8, 4) is 5.69 Å². The van der Waals surface area contributed by atoms with E-state index in [-0.39, 0.29) is 11.9 Å². The van der Waals surface area contributed by atoms with Crippen LogP contribution in [0.2, 0.25) is 0 Å². The average Bonchev–Trinajstić information content (AvgIpc) is 2.92. The third-order valence-electron chi connectivity index (χ3n) is 6.48. The van der Waals surface area contributed by atoms with Crippen molar-refractivity contribution in [2.24, 2.45) is 0 Å². The summed E-state index contributed by atoms with van der Waals surface area (Å²) in [6.07, 6.45) is 13.3. The van der Waals surface area contributed by atoms with Crippen molar-refractivity contribution < 1.29 is 9.18 Å². The zero-order valence-electron chi connectivity index (χ0n) is 18.1. The van der Waals surface area contributed by atoms with Gasteiger partial charge >= 0.3 is 0 Å². The SMILES string of the molecule is CC(C)N(C)C(=O)c1cc(F)ccc1-n1cc(C2CCCCCC2)c2ccncc21. The molecule has 0 unspecified atom stereocenters. The van der Waals surface area contributed by atoms with Crippen LogP contribution in [0.15, 0.2) is 42.9 Å². The third kappa shape index (κ3) is 3.85. The summed E-state index contributed by atoms with van der Waals surface area (Å²) in [4.78, 5) is 19.1. The molecule has 0 radical (unpaired) electrons. The Bertz CT molecular complexity index is 1050. The molecule has 2 heterocycles. The molecular formula is C25H30FN3O. The number of aromatic nitrogens is 2. The van der Waals surface area contributed by atoms with E-state index in [0.717, 1.165) is 5.52 Å². The van der Waals surface area contributed by atoms with Gasteiger partial charge in [0.1, 0.15) is 5.82 Å². The molecule has 0 aliphatic heterocycles. The number of carbonyl (C=O) groups is 1. The Hall–Kier alpha value is -2.69. The zero-order chi connectivity index (χ0) is 21.3. The number of carbonyl (C=O) groups excluding carboxylic acids is 1. The largest absolute Gasteiger partial charge is 0.339 e. The molecule has 0 saturated heterocycles. The van der Waals surface area contributed by atoms with Crippen molar-refractivity contribution in [3.05, 3.63) is 59.8 Å². The van der Waals surface area contributed by atoms with Gasteiger partial charge in [-0.15, -0.1) is 0 Å². The fraction of sp³-hybridized carbons (Fsp3) is 0.440. The van der Waals surface area contributed by atoms with Crippen LogP contribution in [0.5, 0.6) is 0 Å². The van der Waals surface area contributed by atoms with E-state index in [0.29, 0.717) is 17.2 Å². The van der Waals surface area contributed by atoms with Crippen LogP contribution in [0.25, 0.3) is 16.6 Å². The number of halogens is 1. The predicted molar refractivity (Wildman–Crippen MR) is 119 cm³/mol. The van der Waals surface area contributed by atoms with Crippen molar-refractivity contribution in [2.75, 3.05) is 7.05 Å². The molecule has 158 valence electrons. The Morgan fingerprint density at radius 3 is 2.60 bits per heavy atom. The van der Waals surface area contributed by atoms with Gasteiger partial charge in [0, 0.05) is 30.9 Å². The van der Waals surface area contributed by atoms with Crippen LogP contribution in [0.1, 0.15) is 74.2 Å². The summed E-state index contributed by atoms with van der Waals surface area (Å²) in [5, 5.41) is 1.18. The molecule has 30 heavy (non-hydrogen) atoms. The molecule has 1 aliphatic carbocycles. The quantitative estimate of drug-likeness (QED) is 0.491. The van der Waals surface area contributed by atoms with Crippen LogP contribution < -0.4 is 0 Å². The molecule has 1 saturated carbocycles. The number of nitrogens with zero attached hydrogens (tertiary/aromatic N) is 3. The van der Waals surface area contributed by atoms with E-state index in [4.69, 9.17) is 0 Å². The Balaban J connectivity index is 1.87. The Morgan fingerprint density at radius 1 is 1.17 bits per heavy atom. The molecule has 1 aliphatic rings. The van der Waals surface area contributed by atoms with E-state index in [2.05, 4.69) is 17.2 Å². The molecule has 1 fully saturated rings. The van der Waals surface area contributed by atoms with Crippen molar-refractivity contribution in [2.45, 2.75) is 64.3 Å². The zero-order valence-corrected chi connectivity index (χ0v) is 18.1. The summed E-state index contributed by atoms with van der Waals surface area (Å²) in [5.41, 5.74) is 3.35. The maximum absolute atomic E-state index is 14.2. The lowest BCUT2D eigenvalue weighted by Gasteiger charge is -2.23. The number of hydrogen-bond acceptors (Lipinski definition) is 2. The highest BCUT2D eigenvalue weighted by Crippen LogP contribution is 2.38. The Labute approximate surface area is 177 Å². The highest BCUT2D eigenvalue weighted by Gasteiger charge is 2.24. The fourth-order valence-electron chi connectivity index (χ4n) is 4.53. The van der Waals surface area contributed by atoms with E-state index in [1.807, 2.05) is 30.8 Å². The first-order valence-corrected chi connectivity index (χ1v) is 11.0. The van der Waals surface area contributed by atoms with Crippen LogP contribution in [-0.4, -0.2) is 33.4 Å². The maximum Gasteiger partial charge on any atom is 0.256 e. The number of fused-ring (bicyclic) bond motifs is 1. The second-order valence-electron chi connectivity index (χ2n) is 8.71. The molecular weight excluding hydrogens is 377 g/mol. The first-order valence-electron chi connectivity index (χ1n) is 11.0. The number of pyridine rings is 1. The van der Waals surface area contributed by atoms with Gasteiger partial charge in [0.05, 0.1) is 23.0 Å². The molecule has 5 heteroatoms. The summed E-state index contributed by atoms with van der Waals surface area (Å²) >= 11 is 0. The third-order valence-corrected chi connectivity index (χ3v) is 6.48. The maximum atomic E-state index is 14.2. The molecule has 1 amide bonds. The highest BCUT2D eigenvalue weighted by molar-refractivity contribution is 5.99. The minimum atomic E-state index is -0.405. The van der Waals surface area contributed by atoms with Gasteiger partial charge in [0.25, 0.3) is 5.91 Å². The van der Waals surface area contributed by atoms with Gasteiger partial charge < -0.3 is 9.47 Å². The lowest BCUT2D eigenvalue weighted by Crippen LogP contribution is -2.33. The molecule has 3 aromatic rings. The second kappa shape index (κ2) is 8.58. The van der Waals surface area contributed by atoms with Gasteiger partial charge in [0.15, 0.2) is 0 Å². The molecule has 4 rings (SSSR count). The summed E-state index contributed by atoms with van der Waals surface area (Å²) in [7, 11) is 1.76. The van der Waals surface area contributed by atoms with Gasteiger partial charge in [-0.3, -0.25) is 9.78 Å². The first-order chi connectivity index (χ1) is 14.5. The van der Waals surface area contributed by atoms with Crippen molar-refractivity contribution >= 4 is 16.8 Å². The summed E-state index contributed by atoms with van der Waals surface area (Å²) in [5.74, 6) is -0.0734. The van der Waals surface area contributed by atoms with Gasteiger partial charge in [-0.05, 0) is 62.4 Å². The monoisotopic (exact) mass is 407 g/mol. The molecule has 1 aromatic carbocycles. The van der Waals surface area contributed by atoms with Crippen molar-refractivity contribution in [1.82, 2.24) is 14.5 Å². The topological polar surface area (TPSA) is 38.1 Å². The Morgan fingerprint density at radius 2 is 1.90 bits per heavy atom. The minimum absolute atomic E-state index is 0.0261. The number of rotatable bonds is 4. The van der Waals surface area contributed by atoms with Crippen LogP contribution in [-0.2, 0) is 0 Å². The molecule has 0 spiro atoms. The van der Waals surface area contributed by atoms with Gasteiger partial charge in [0.2, 0.25) is 0 Å². The molecule has 2 aromatic heterocycles. The van der Waals surface area contributed by atoms with E-state index < -0.39 is 5.82 Å². The lowest BCUT2D eigenvalue weighted by molar-refractivity contribution is 0.0754. The van der Waals surface area contributed by atoms with Crippen LogP contribution in [0, 0.1) is 5.82 Å². The lowest BCUT2D eigenvalue weighted by atomic mass is 9.92. The average molecular weight is 408 g/mol. The summed E-state index contributed by atoms with van der Waals surface area (Å²) in [6, 6.07) is 6.58. The van der Waals surface area contributed by atoms with E-state index in [1.54, 1.807) is 18.0 Å². The number of hydrogen-bond donors (Lipinski definition) is 0. The van der Waals surface area contributed by atoms with E-state index in [9.17, 15) is 9.18 Å². The molecule has 0 atom stereocenters. The first kappa shape index (κ1) is 20.6. The van der Waals surface area contributed by atoms with Crippen LogP contribution in [0.3, 0.4) is 0 Å². The van der Waals surface area contributed by atoms with Gasteiger partial charge in [-0.25, -0.2) is 4.39 Å². The van der Waals surface area contributed by atoms with Crippen LogP contribution >= 0.6 is 0 Å². The van der Waals surface area contributed by atoms with Crippen molar-refractivity contribution in [3.63, 3.8) is 0 Å². The Kier molecular flexibility index (Phi) is 5.89. The van der Waals surface area contributed by atoms with Gasteiger partial charge in [-0.2, -0.15) is 0 Å². The van der Waals surface area contributed by atoms with Crippen molar-refractivity contribution in [1.29, 1.82) is 0 Å². The predicted octanol–water partition coefficient (Wildman–Crippen LogP) is 6.08. The fourth-order valence-corrected chi connectivity index (χ4v) is 4.53. The normalized spacial score (nSPS) is 15.5. The second-order valence-corrected chi connectivity index (χ2v) is 8.71.